The van der Waals surface area contributed by atoms with E-state index in [0.29, 0.717) is 12.2 Å². The number of fused-ring (bicyclic) bond motifs is 1. The van der Waals surface area contributed by atoms with Crippen LogP contribution in [0.1, 0.15) is 47.0 Å². The van der Waals surface area contributed by atoms with Crippen molar-refractivity contribution >= 4 is 5.78 Å². The lowest BCUT2D eigenvalue weighted by Gasteiger charge is -2.76. The number of carbonyl (C=O) groups is 1. The lowest BCUT2D eigenvalue weighted by atomic mass is 9.37. The van der Waals surface area contributed by atoms with Gasteiger partial charge < -0.3 is 19.3 Å². The van der Waals surface area contributed by atoms with Gasteiger partial charge in [-0.15, -0.1) is 0 Å². The standard InChI is InChI=1S/C23H30O5/c1-12-13-7-8-14-21-10-6-9-19(2,3)15(21)17(25)23(26-11-21)22(14,16(12)24)18(13)27-20(4,5)28-23/h6,10,13-15,17-18,25H,1,7-9,11H2,2-5H3/t13-,14-,15+,17-,18+,21+,22-,23?/m0/s1. The summed E-state index contributed by atoms with van der Waals surface area (Å²) in [5, 5.41) is 11.9. The van der Waals surface area contributed by atoms with E-state index >= 15 is 0 Å². The fraction of sp³-hybridized carbons (Fsp3) is 0.783. The van der Waals surface area contributed by atoms with Gasteiger partial charge in [-0.2, -0.15) is 0 Å². The molecule has 0 aromatic carbocycles. The zero-order valence-electron chi connectivity index (χ0n) is 17.2. The summed E-state index contributed by atoms with van der Waals surface area (Å²) in [5.74, 6) is -2.33. The number of hydrogen-bond donors (Lipinski definition) is 1. The molecule has 3 saturated heterocycles. The average Bonchev–Trinajstić information content (AvgIpc) is 2.71. The quantitative estimate of drug-likeness (QED) is 0.512. The molecule has 1 unspecified atom stereocenters. The molecule has 7 aliphatic rings. The van der Waals surface area contributed by atoms with Crippen LogP contribution in [0.3, 0.4) is 0 Å². The molecular weight excluding hydrogens is 356 g/mol. The number of ether oxygens (including phenoxy) is 3. The van der Waals surface area contributed by atoms with Crippen LogP contribution in [0.2, 0.25) is 0 Å². The van der Waals surface area contributed by atoms with Gasteiger partial charge >= 0.3 is 0 Å². The van der Waals surface area contributed by atoms with Gasteiger partial charge in [0.05, 0.1) is 12.7 Å². The number of Topliss-reactive ketones (excluding diaryl/α,β-unsaturated/α-hetero) is 1. The molecule has 0 aromatic heterocycles. The van der Waals surface area contributed by atoms with E-state index in [2.05, 4.69) is 32.6 Å². The normalized spacial score (nSPS) is 57.1. The number of hydrogen-bond acceptors (Lipinski definition) is 5. The highest BCUT2D eigenvalue weighted by atomic mass is 16.8. The molecular formula is C23H30O5. The molecule has 3 heterocycles. The Morgan fingerprint density at radius 3 is 2.71 bits per heavy atom. The topological polar surface area (TPSA) is 65.0 Å². The van der Waals surface area contributed by atoms with Gasteiger partial charge in [-0.05, 0) is 50.0 Å². The SMILES string of the molecule is C=C1C(=O)[C@@]23[C@@H]4OC(C)(C)OC25OC[C@]2(C=CCC(C)(C)[C@H]2[C@@H]5O)[C@@H]3CC[C@@H]14. The minimum atomic E-state index is -1.37. The van der Waals surface area contributed by atoms with Crippen LogP contribution >= 0.6 is 0 Å². The predicted molar refractivity (Wildman–Crippen MR) is 101 cm³/mol. The highest BCUT2D eigenvalue weighted by molar-refractivity contribution is 6.05. The highest BCUT2D eigenvalue weighted by Crippen LogP contribution is 2.78. The van der Waals surface area contributed by atoms with Crippen molar-refractivity contribution in [3.05, 3.63) is 24.3 Å². The minimum Gasteiger partial charge on any atom is -0.387 e. The number of allylic oxidation sites excluding steroid dienone is 1. The summed E-state index contributed by atoms with van der Waals surface area (Å²) < 4.78 is 19.4. The number of carbonyl (C=O) groups excluding carboxylic acids is 1. The van der Waals surface area contributed by atoms with Crippen molar-refractivity contribution in [3.8, 4) is 0 Å². The van der Waals surface area contributed by atoms with Crippen molar-refractivity contribution in [2.45, 2.75) is 70.7 Å². The summed E-state index contributed by atoms with van der Waals surface area (Å²) in [5.41, 5.74) is -0.859. The van der Waals surface area contributed by atoms with Crippen LogP contribution < -0.4 is 0 Å². The molecule has 3 aliphatic heterocycles. The number of rotatable bonds is 0. The van der Waals surface area contributed by atoms with E-state index in [1.54, 1.807) is 0 Å². The lowest BCUT2D eigenvalue weighted by Crippen LogP contribution is -2.86. The molecule has 28 heavy (non-hydrogen) atoms. The van der Waals surface area contributed by atoms with Gasteiger partial charge in [0.1, 0.15) is 11.5 Å². The first kappa shape index (κ1) is 17.8. The maximum absolute atomic E-state index is 13.9. The Morgan fingerprint density at radius 2 is 1.96 bits per heavy atom. The third-order valence-electron chi connectivity index (χ3n) is 9.01. The molecule has 6 fully saturated rings. The Kier molecular flexibility index (Phi) is 2.97. The van der Waals surface area contributed by atoms with Gasteiger partial charge in [0.2, 0.25) is 5.79 Å². The second-order valence-electron chi connectivity index (χ2n) is 11.1. The Labute approximate surface area is 166 Å². The molecule has 4 aliphatic carbocycles. The zero-order valence-corrected chi connectivity index (χ0v) is 17.2. The van der Waals surface area contributed by atoms with Crippen molar-refractivity contribution in [2.24, 2.45) is 34.0 Å². The van der Waals surface area contributed by atoms with Gasteiger partial charge in [-0.25, -0.2) is 0 Å². The van der Waals surface area contributed by atoms with Crippen LogP contribution in [0, 0.1) is 34.0 Å². The molecule has 0 radical (unpaired) electrons. The first-order chi connectivity index (χ1) is 13.0. The van der Waals surface area contributed by atoms with Crippen LogP contribution in [-0.4, -0.2) is 41.3 Å². The second-order valence-corrected chi connectivity index (χ2v) is 11.1. The van der Waals surface area contributed by atoms with Crippen molar-refractivity contribution in [2.75, 3.05) is 6.61 Å². The molecule has 0 amide bonds. The smallest absolute Gasteiger partial charge is 0.213 e. The van der Waals surface area contributed by atoms with E-state index in [0.717, 1.165) is 19.3 Å². The van der Waals surface area contributed by atoms with Crippen LogP contribution in [-0.2, 0) is 19.0 Å². The first-order valence-electron chi connectivity index (χ1n) is 10.6. The van der Waals surface area contributed by atoms with E-state index in [4.69, 9.17) is 14.2 Å². The fourth-order valence-corrected chi connectivity index (χ4v) is 8.39. The van der Waals surface area contributed by atoms with Gasteiger partial charge in [-0.3, -0.25) is 4.79 Å². The summed E-state index contributed by atoms with van der Waals surface area (Å²) in [7, 11) is 0. The van der Waals surface area contributed by atoms with Crippen molar-refractivity contribution in [1.82, 2.24) is 0 Å². The molecule has 5 nitrogen and oxygen atoms in total. The number of aliphatic hydroxyl groups excluding tert-OH is 1. The first-order valence-corrected chi connectivity index (χ1v) is 10.6. The van der Waals surface area contributed by atoms with Crippen LogP contribution in [0.4, 0.5) is 0 Å². The van der Waals surface area contributed by atoms with Crippen LogP contribution in [0.15, 0.2) is 24.3 Å². The molecule has 1 N–H and O–H groups in total. The van der Waals surface area contributed by atoms with E-state index < -0.39 is 23.1 Å². The summed E-state index contributed by atoms with van der Waals surface area (Å²) in [6.45, 7) is 12.8. The third-order valence-corrected chi connectivity index (χ3v) is 9.01. The molecule has 7 rings (SSSR count). The molecule has 8 atom stereocenters. The summed E-state index contributed by atoms with van der Waals surface area (Å²) >= 11 is 0. The number of aliphatic hydroxyl groups is 1. The van der Waals surface area contributed by atoms with Crippen molar-refractivity contribution in [3.63, 3.8) is 0 Å². The van der Waals surface area contributed by atoms with E-state index in [9.17, 15) is 9.90 Å². The second kappa shape index (κ2) is 4.66. The molecule has 3 spiro atoms. The van der Waals surface area contributed by atoms with Crippen molar-refractivity contribution < 1.29 is 24.1 Å². The molecule has 5 heteroatoms. The Hall–Kier alpha value is -1.01. The van der Waals surface area contributed by atoms with Gasteiger partial charge in [-0.1, -0.05) is 32.6 Å². The maximum Gasteiger partial charge on any atom is 0.213 e. The van der Waals surface area contributed by atoms with E-state index in [-0.39, 0.29) is 40.5 Å². The minimum absolute atomic E-state index is 0.00569. The van der Waals surface area contributed by atoms with Gasteiger partial charge in [0.15, 0.2) is 11.6 Å². The highest BCUT2D eigenvalue weighted by Gasteiger charge is 2.88. The van der Waals surface area contributed by atoms with Gasteiger partial charge in [0.25, 0.3) is 0 Å². The zero-order chi connectivity index (χ0) is 19.9. The Bertz CT molecular complexity index is 842. The van der Waals surface area contributed by atoms with Crippen molar-refractivity contribution in [1.29, 1.82) is 0 Å². The monoisotopic (exact) mass is 386 g/mol. The van der Waals surface area contributed by atoms with E-state index in [1.165, 1.54) is 0 Å². The Morgan fingerprint density at radius 1 is 1.21 bits per heavy atom. The summed E-state index contributed by atoms with van der Waals surface area (Å²) in [6, 6.07) is 0. The largest absolute Gasteiger partial charge is 0.387 e. The molecule has 0 aromatic rings. The number of ketones is 1. The third kappa shape index (κ3) is 1.53. The van der Waals surface area contributed by atoms with Crippen LogP contribution in [0.25, 0.3) is 0 Å². The molecule has 152 valence electrons. The molecule has 4 bridgehead atoms. The summed E-state index contributed by atoms with van der Waals surface area (Å²) in [6.07, 6.45) is 5.95. The molecule has 3 saturated carbocycles. The maximum atomic E-state index is 13.9. The van der Waals surface area contributed by atoms with E-state index in [1.807, 2.05) is 13.8 Å². The Balaban J connectivity index is 1.69. The predicted octanol–water partition coefficient (Wildman–Crippen LogP) is 2.98. The lowest BCUT2D eigenvalue weighted by molar-refractivity contribution is -0.523. The summed E-state index contributed by atoms with van der Waals surface area (Å²) in [4.78, 5) is 13.9. The van der Waals surface area contributed by atoms with Gasteiger partial charge in [0, 0.05) is 17.3 Å². The average molecular weight is 386 g/mol. The fourth-order valence-electron chi connectivity index (χ4n) is 8.39. The van der Waals surface area contributed by atoms with Crippen LogP contribution in [0.5, 0.6) is 0 Å².